The Hall–Kier alpha value is -0.530. The predicted octanol–water partition coefficient (Wildman–Crippen LogP) is 6.58. The first-order valence-electron chi connectivity index (χ1n) is 8.90. The number of carboxylic acids is 1. The van der Waals surface area contributed by atoms with Gasteiger partial charge in [0.25, 0.3) is 0 Å². The van der Waals surface area contributed by atoms with E-state index in [9.17, 15) is 4.79 Å². The van der Waals surface area contributed by atoms with Crippen LogP contribution < -0.4 is 0 Å². The van der Waals surface area contributed by atoms with Crippen molar-refractivity contribution in [3.8, 4) is 0 Å². The van der Waals surface area contributed by atoms with Crippen molar-refractivity contribution in [2.45, 2.75) is 111 Å². The van der Waals surface area contributed by atoms with Crippen LogP contribution in [0.2, 0.25) is 0 Å². The SMILES string of the molecule is CCCCCCCCC.CCCCCCCCC(=O)O. The first-order chi connectivity index (χ1) is 9.68. The quantitative estimate of drug-likeness (QED) is 0.388. The molecule has 0 fully saturated rings. The zero-order valence-corrected chi connectivity index (χ0v) is 14.3. The van der Waals surface area contributed by atoms with Gasteiger partial charge in [0.05, 0.1) is 0 Å². The summed E-state index contributed by atoms with van der Waals surface area (Å²) in [6.07, 6.45) is 17.2. The van der Waals surface area contributed by atoms with E-state index in [4.69, 9.17) is 5.11 Å². The Morgan fingerprint density at radius 1 is 0.600 bits per heavy atom. The standard InChI is InChI=1S/C9H18O2.C9H20/c1-2-3-4-5-6-7-8-9(10)11;1-3-5-7-9-8-6-4-2/h2-8H2,1H3,(H,10,11);3-9H2,1-2H3. The van der Waals surface area contributed by atoms with Crippen LogP contribution in [0.15, 0.2) is 0 Å². The van der Waals surface area contributed by atoms with Crippen molar-refractivity contribution in [2.75, 3.05) is 0 Å². The molecule has 1 N–H and O–H groups in total. The number of carboxylic acid groups (broad SMARTS) is 1. The van der Waals surface area contributed by atoms with Gasteiger partial charge < -0.3 is 5.11 Å². The molecule has 0 aromatic carbocycles. The van der Waals surface area contributed by atoms with Crippen LogP contribution >= 0.6 is 0 Å². The van der Waals surface area contributed by atoms with E-state index < -0.39 is 5.97 Å². The van der Waals surface area contributed by atoms with Gasteiger partial charge >= 0.3 is 5.97 Å². The van der Waals surface area contributed by atoms with Gasteiger partial charge in [-0.3, -0.25) is 4.79 Å². The Balaban J connectivity index is 0. The lowest BCUT2D eigenvalue weighted by Gasteiger charge is -1.97. The van der Waals surface area contributed by atoms with E-state index in [1.54, 1.807) is 0 Å². The van der Waals surface area contributed by atoms with Crippen LogP contribution in [0.3, 0.4) is 0 Å². The van der Waals surface area contributed by atoms with Gasteiger partial charge in [-0.05, 0) is 6.42 Å². The molecule has 0 heterocycles. The lowest BCUT2D eigenvalue weighted by molar-refractivity contribution is -0.137. The van der Waals surface area contributed by atoms with Crippen LogP contribution in [0.25, 0.3) is 0 Å². The molecule has 0 aliphatic heterocycles. The fourth-order valence-electron chi connectivity index (χ4n) is 2.09. The Labute approximate surface area is 127 Å². The summed E-state index contributed by atoms with van der Waals surface area (Å²) in [6, 6.07) is 0. The molecule has 2 nitrogen and oxygen atoms in total. The van der Waals surface area contributed by atoms with E-state index in [1.165, 1.54) is 70.6 Å². The number of aliphatic carboxylic acids is 1. The smallest absolute Gasteiger partial charge is 0.303 e. The topological polar surface area (TPSA) is 37.3 Å². The molecule has 0 aromatic heterocycles. The molecule has 0 amide bonds. The van der Waals surface area contributed by atoms with Gasteiger partial charge in [-0.1, -0.05) is 97.8 Å². The van der Waals surface area contributed by atoms with E-state index in [2.05, 4.69) is 20.8 Å². The first kappa shape index (κ1) is 21.8. The minimum atomic E-state index is -0.666. The van der Waals surface area contributed by atoms with Gasteiger partial charge in [0.1, 0.15) is 0 Å². The van der Waals surface area contributed by atoms with Gasteiger partial charge in [-0.25, -0.2) is 0 Å². The van der Waals surface area contributed by atoms with E-state index in [1.807, 2.05) is 0 Å². The summed E-state index contributed by atoms with van der Waals surface area (Å²) in [5, 5.41) is 8.32. The van der Waals surface area contributed by atoms with Crippen molar-refractivity contribution in [3.05, 3.63) is 0 Å². The molecule has 0 aliphatic carbocycles. The normalized spacial score (nSPS) is 9.95. The number of hydrogen-bond donors (Lipinski definition) is 1. The van der Waals surface area contributed by atoms with Gasteiger partial charge in [-0.2, -0.15) is 0 Å². The Morgan fingerprint density at radius 3 is 1.20 bits per heavy atom. The van der Waals surface area contributed by atoms with Crippen LogP contribution in [0.5, 0.6) is 0 Å². The van der Waals surface area contributed by atoms with Crippen LogP contribution in [0.4, 0.5) is 0 Å². The van der Waals surface area contributed by atoms with Gasteiger partial charge in [-0.15, -0.1) is 0 Å². The average molecular weight is 286 g/mol. The Bertz CT molecular complexity index is 172. The molecule has 20 heavy (non-hydrogen) atoms. The molecular weight excluding hydrogens is 248 g/mol. The van der Waals surface area contributed by atoms with E-state index in [-0.39, 0.29) is 0 Å². The third-order valence-corrected chi connectivity index (χ3v) is 3.45. The van der Waals surface area contributed by atoms with Crippen molar-refractivity contribution in [2.24, 2.45) is 0 Å². The van der Waals surface area contributed by atoms with Crippen LogP contribution in [0, 0.1) is 0 Å². The number of hydrogen-bond acceptors (Lipinski definition) is 1. The van der Waals surface area contributed by atoms with Crippen LogP contribution in [-0.4, -0.2) is 11.1 Å². The molecular formula is C18H38O2. The summed E-state index contributed by atoms with van der Waals surface area (Å²) >= 11 is 0. The van der Waals surface area contributed by atoms with E-state index in [0.29, 0.717) is 6.42 Å². The third-order valence-electron chi connectivity index (χ3n) is 3.45. The van der Waals surface area contributed by atoms with Crippen molar-refractivity contribution in [3.63, 3.8) is 0 Å². The monoisotopic (exact) mass is 286 g/mol. The zero-order chi connectivity index (χ0) is 15.5. The summed E-state index contributed by atoms with van der Waals surface area (Å²) in [5.74, 6) is -0.666. The minimum Gasteiger partial charge on any atom is -0.481 e. The molecule has 0 saturated carbocycles. The highest BCUT2D eigenvalue weighted by Gasteiger charge is 1.95. The summed E-state index contributed by atoms with van der Waals surface area (Å²) in [6.45, 7) is 6.71. The third kappa shape index (κ3) is 26.1. The molecule has 0 atom stereocenters. The summed E-state index contributed by atoms with van der Waals surface area (Å²) < 4.78 is 0. The molecule has 0 spiro atoms. The molecule has 0 bridgehead atoms. The molecule has 2 heteroatoms. The largest absolute Gasteiger partial charge is 0.481 e. The van der Waals surface area contributed by atoms with Crippen LogP contribution in [0.1, 0.15) is 111 Å². The minimum absolute atomic E-state index is 0.339. The second-order valence-corrected chi connectivity index (χ2v) is 5.68. The van der Waals surface area contributed by atoms with Crippen LogP contribution in [-0.2, 0) is 4.79 Å². The Morgan fingerprint density at radius 2 is 0.900 bits per heavy atom. The van der Waals surface area contributed by atoms with Crippen molar-refractivity contribution in [1.82, 2.24) is 0 Å². The Kier molecular flexibility index (Phi) is 22.6. The van der Waals surface area contributed by atoms with Crippen molar-refractivity contribution < 1.29 is 9.90 Å². The average Bonchev–Trinajstić information content (AvgIpc) is 2.43. The summed E-state index contributed by atoms with van der Waals surface area (Å²) in [7, 11) is 0. The fourth-order valence-corrected chi connectivity index (χ4v) is 2.09. The first-order valence-corrected chi connectivity index (χ1v) is 8.90. The van der Waals surface area contributed by atoms with Crippen molar-refractivity contribution in [1.29, 1.82) is 0 Å². The number of carbonyl (C=O) groups is 1. The second-order valence-electron chi connectivity index (χ2n) is 5.68. The molecule has 0 unspecified atom stereocenters. The number of rotatable bonds is 13. The summed E-state index contributed by atoms with van der Waals surface area (Å²) in [5.41, 5.74) is 0. The maximum atomic E-state index is 10.1. The molecule has 0 radical (unpaired) electrons. The number of unbranched alkanes of at least 4 members (excludes halogenated alkanes) is 11. The maximum absolute atomic E-state index is 10.1. The second kappa shape index (κ2) is 20.8. The highest BCUT2D eigenvalue weighted by molar-refractivity contribution is 5.66. The lowest BCUT2D eigenvalue weighted by Crippen LogP contribution is -1.93. The van der Waals surface area contributed by atoms with Gasteiger partial charge in [0, 0.05) is 6.42 Å². The molecule has 0 aromatic rings. The molecule has 0 saturated heterocycles. The van der Waals surface area contributed by atoms with Gasteiger partial charge in [0.2, 0.25) is 0 Å². The van der Waals surface area contributed by atoms with E-state index >= 15 is 0 Å². The molecule has 0 rings (SSSR count). The molecule has 122 valence electrons. The highest BCUT2D eigenvalue weighted by atomic mass is 16.4. The van der Waals surface area contributed by atoms with Gasteiger partial charge in [0.15, 0.2) is 0 Å². The van der Waals surface area contributed by atoms with E-state index in [0.717, 1.165) is 12.8 Å². The summed E-state index contributed by atoms with van der Waals surface area (Å²) in [4.78, 5) is 10.1. The van der Waals surface area contributed by atoms with Crippen molar-refractivity contribution >= 4 is 5.97 Å². The fraction of sp³-hybridized carbons (Fsp3) is 0.944. The zero-order valence-electron chi connectivity index (χ0n) is 14.3. The maximum Gasteiger partial charge on any atom is 0.303 e. The predicted molar refractivity (Wildman–Crippen MR) is 89.3 cm³/mol. The lowest BCUT2D eigenvalue weighted by atomic mass is 10.1. The highest BCUT2D eigenvalue weighted by Crippen LogP contribution is 2.06. The molecule has 0 aliphatic rings.